The monoisotopic (exact) mass is 229 g/mol. The highest BCUT2D eigenvalue weighted by atomic mass is 32.1. The van der Waals surface area contributed by atoms with Crippen LogP contribution < -0.4 is 16.2 Å². The molecule has 1 rings (SSSR count). The number of thiol groups is 1. The first kappa shape index (κ1) is 11.0. The molecule has 0 aromatic carbocycles. The Bertz CT molecular complexity index is 334. The summed E-state index contributed by atoms with van der Waals surface area (Å²) < 4.78 is 0.363. The highest BCUT2D eigenvalue weighted by molar-refractivity contribution is 8.11. The van der Waals surface area contributed by atoms with Gasteiger partial charge in [-0.15, -0.1) is 12.6 Å². The summed E-state index contributed by atoms with van der Waals surface area (Å²) in [5, 5.41) is 1.63. The van der Waals surface area contributed by atoms with Crippen LogP contribution >= 0.6 is 24.8 Å². The lowest BCUT2D eigenvalue weighted by atomic mass is 10.4. The fourth-order valence-electron chi connectivity index (χ4n) is 0.947. The van der Waals surface area contributed by atoms with Gasteiger partial charge in [-0.05, 0) is 6.92 Å². The SMILES string of the molecule is Cc1cc(N(C)NC(=S)S)nc(N)n1. The van der Waals surface area contributed by atoms with E-state index in [1.54, 1.807) is 18.1 Å². The van der Waals surface area contributed by atoms with Crippen molar-refractivity contribution in [2.45, 2.75) is 6.92 Å². The van der Waals surface area contributed by atoms with E-state index in [1.807, 2.05) is 6.92 Å². The van der Waals surface area contributed by atoms with Crippen LogP contribution in [0.25, 0.3) is 0 Å². The maximum atomic E-state index is 5.50. The van der Waals surface area contributed by atoms with Crippen molar-refractivity contribution in [1.82, 2.24) is 15.4 Å². The third-order valence-electron chi connectivity index (χ3n) is 1.46. The lowest BCUT2D eigenvalue weighted by Crippen LogP contribution is -2.36. The molecule has 0 saturated carbocycles. The number of aromatic nitrogens is 2. The predicted octanol–water partition coefficient (Wildman–Crippen LogP) is 0.523. The van der Waals surface area contributed by atoms with Crippen molar-refractivity contribution in [2.75, 3.05) is 17.8 Å². The van der Waals surface area contributed by atoms with E-state index in [-0.39, 0.29) is 5.95 Å². The van der Waals surface area contributed by atoms with Crippen molar-refractivity contribution in [3.05, 3.63) is 11.8 Å². The second-order valence-electron chi connectivity index (χ2n) is 2.70. The molecule has 1 aromatic heterocycles. The van der Waals surface area contributed by atoms with Gasteiger partial charge < -0.3 is 5.73 Å². The van der Waals surface area contributed by atoms with Crippen LogP contribution in [-0.2, 0) is 0 Å². The molecule has 1 aromatic rings. The molecular formula is C7H11N5S2. The highest BCUT2D eigenvalue weighted by Crippen LogP contribution is 2.09. The zero-order chi connectivity index (χ0) is 10.7. The molecule has 0 atom stereocenters. The van der Waals surface area contributed by atoms with Gasteiger partial charge in [0.05, 0.1) is 0 Å². The van der Waals surface area contributed by atoms with Crippen LogP contribution in [0.4, 0.5) is 11.8 Å². The fraction of sp³-hybridized carbons (Fsp3) is 0.286. The zero-order valence-electron chi connectivity index (χ0n) is 7.85. The molecule has 0 spiro atoms. The Labute approximate surface area is 93.1 Å². The van der Waals surface area contributed by atoms with Gasteiger partial charge in [-0.25, -0.2) is 4.98 Å². The zero-order valence-corrected chi connectivity index (χ0v) is 9.56. The molecule has 14 heavy (non-hydrogen) atoms. The third-order valence-corrected chi connectivity index (χ3v) is 1.66. The van der Waals surface area contributed by atoms with Gasteiger partial charge in [-0.1, -0.05) is 12.2 Å². The van der Waals surface area contributed by atoms with Crippen LogP contribution in [0.3, 0.4) is 0 Å². The van der Waals surface area contributed by atoms with Gasteiger partial charge in [0.2, 0.25) is 5.95 Å². The molecule has 0 bridgehead atoms. The lowest BCUT2D eigenvalue weighted by molar-refractivity contribution is 0.868. The van der Waals surface area contributed by atoms with Gasteiger partial charge in [0, 0.05) is 18.8 Å². The van der Waals surface area contributed by atoms with Gasteiger partial charge in [0.25, 0.3) is 0 Å². The molecule has 3 N–H and O–H groups in total. The second-order valence-corrected chi connectivity index (χ2v) is 3.86. The number of hydrogen-bond donors (Lipinski definition) is 3. The minimum absolute atomic E-state index is 0.235. The highest BCUT2D eigenvalue weighted by Gasteiger charge is 2.04. The van der Waals surface area contributed by atoms with Crippen LogP contribution in [0.2, 0.25) is 0 Å². The van der Waals surface area contributed by atoms with Gasteiger partial charge in [0.15, 0.2) is 5.82 Å². The number of hydrazine groups is 1. The maximum Gasteiger partial charge on any atom is 0.222 e. The van der Waals surface area contributed by atoms with Crippen molar-refractivity contribution in [3.8, 4) is 0 Å². The van der Waals surface area contributed by atoms with E-state index in [1.165, 1.54) is 0 Å². The van der Waals surface area contributed by atoms with Crippen molar-refractivity contribution < 1.29 is 0 Å². The molecule has 76 valence electrons. The molecule has 0 amide bonds. The minimum Gasteiger partial charge on any atom is -0.368 e. The molecule has 0 fully saturated rings. The van der Waals surface area contributed by atoms with Crippen molar-refractivity contribution in [3.63, 3.8) is 0 Å². The summed E-state index contributed by atoms with van der Waals surface area (Å²) in [6.45, 7) is 1.84. The molecule has 1 heterocycles. The summed E-state index contributed by atoms with van der Waals surface area (Å²) in [4.78, 5) is 7.98. The Balaban J connectivity index is 2.89. The molecule has 7 heteroatoms. The minimum atomic E-state index is 0.235. The number of nitrogens with two attached hydrogens (primary N) is 1. The summed E-state index contributed by atoms with van der Waals surface area (Å²) >= 11 is 8.72. The number of rotatable bonds is 2. The van der Waals surface area contributed by atoms with E-state index in [4.69, 9.17) is 18.0 Å². The van der Waals surface area contributed by atoms with Crippen molar-refractivity contribution in [1.29, 1.82) is 0 Å². The number of nitrogen functional groups attached to an aromatic ring is 1. The Kier molecular flexibility index (Phi) is 3.48. The molecule has 0 aliphatic rings. The molecule has 0 radical (unpaired) electrons. The van der Waals surface area contributed by atoms with Gasteiger partial charge >= 0.3 is 0 Å². The quantitative estimate of drug-likeness (QED) is 0.390. The smallest absolute Gasteiger partial charge is 0.222 e. The Morgan fingerprint density at radius 3 is 2.79 bits per heavy atom. The first-order chi connectivity index (χ1) is 6.49. The first-order valence-corrected chi connectivity index (χ1v) is 4.69. The molecule has 5 nitrogen and oxygen atoms in total. The van der Waals surface area contributed by atoms with Crippen LogP contribution in [-0.4, -0.2) is 21.3 Å². The predicted molar refractivity (Wildman–Crippen MR) is 64.3 cm³/mol. The lowest BCUT2D eigenvalue weighted by Gasteiger charge is -2.19. The number of nitrogens with one attached hydrogen (secondary N) is 1. The number of aryl methyl sites for hydroxylation is 1. The summed E-state index contributed by atoms with van der Waals surface area (Å²) in [6.07, 6.45) is 0. The van der Waals surface area contributed by atoms with E-state index in [0.29, 0.717) is 10.1 Å². The Morgan fingerprint density at radius 1 is 1.64 bits per heavy atom. The summed E-state index contributed by atoms with van der Waals surface area (Å²) in [5.74, 6) is 0.880. The van der Waals surface area contributed by atoms with E-state index >= 15 is 0 Å². The van der Waals surface area contributed by atoms with Crippen molar-refractivity contribution >= 4 is 40.9 Å². The second kappa shape index (κ2) is 4.43. The third kappa shape index (κ3) is 3.00. The number of thiocarbonyl (C=S) groups is 1. The average Bonchev–Trinajstić information content (AvgIpc) is 2.00. The average molecular weight is 229 g/mol. The molecule has 0 unspecified atom stereocenters. The van der Waals surface area contributed by atoms with E-state index in [2.05, 4.69) is 28.0 Å². The molecule has 0 saturated heterocycles. The summed E-state index contributed by atoms with van der Waals surface area (Å²) in [7, 11) is 1.77. The van der Waals surface area contributed by atoms with E-state index in [9.17, 15) is 0 Å². The number of nitrogens with zero attached hydrogens (tertiary/aromatic N) is 3. The normalized spacial score (nSPS) is 9.64. The van der Waals surface area contributed by atoms with Gasteiger partial charge in [-0.3, -0.25) is 10.4 Å². The summed E-state index contributed by atoms with van der Waals surface area (Å²) in [5.41, 5.74) is 9.09. The Morgan fingerprint density at radius 2 is 2.29 bits per heavy atom. The van der Waals surface area contributed by atoms with E-state index in [0.717, 1.165) is 5.69 Å². The molecule has 0 aliphatic heterocycles. The van der Waals surface area contributed by atoms with E-state index < -0.39 is 0 Å². The maximum absolute atomic E-state index is 5.50. The van der Waals surface area contributed by atoms with Gasteiger partial charge in [0.1, 0.15) is 4.32 Å². The summed E-state index contributed by atoms with van der Waals surface area (Å²) in [6, 6.07) is 1.79. The van der Waals surface area contributed by atoms with Crippen LogP contribution in [0, 0.1) is 6.92 Å². The fourth-order valence-corrected chi connectivity index (χ4v) is 1.23. The van der Waals surface area contributed by atoms with Crippen molar-refractivity contribution in [2.24, 2.45) is 0 Å². The first-order valence-electron chi connectivity index (χ1n) is 3.83. The largest absolute Gasteiger partial charge is 0.368 e. The standard InChI is InChI=1S/C7H11N5S2/c1-4-3-5(10-6(8)9-4)12(2)11-7(13)14/h3H,1-2H3,(H2,8,9,10)(H2,11,13,14). The van der Waals surface area contributed by atoms with Crippen LogP contribution in [0.5, 0.6) is 0 Å². The number of anilines is 2. The molecule has 0 aliphatic carbocycles. The molecular weight excluding hydrogens is 218 g/mol. The number of hydrogen-bond acceptors (Lipinski definition) is 5. The van der Waals surface area contributed by atoms with Gasteiger partial charge in [-0.2, -0.15) is 4.98 Å². The Hall–Kier alpha value is -1.08. The van der Waals surface area contributed by atoms with Crippen LogP contribution in [0.15, 0.2) is 6.07 Å². The van der Waals surface area contributed by atoms with Crippen LogP contribution in [0.1, 0.15) is 5.69 Å². The topological polar surface area (TPSA) is 67.1 Å².